The molecule has 0 aromatic heterocycles. The van der Waals surface area contributed by atoms with Gasteiger partial charge in [-0.05, 0) is 31.2 Å². The van der Waals surface area contributed by atoms with Crippen molar-refractivity contribution >= 4 is 29.3 Å². The third kappa shape index (κ3) is 5.74. The van der Waals surface area contributed by atoms with Gasteiger partial charge in [0.05, 0.1) is 18.8 Å². The highest BCUT2D eigenvalue weighted by Gasteiger charge is 2.14. The van der Waals surface area contributed by atoms with E-state index >= 15 is 0 Å². The van der Waals surface area contributed by atoms with Gasteiger partial charge in [-0.2, -0.15) is 0 Å². The largest absolute Gasteiger partial charge is 0.469 e. The first kappa shape index (κ1) is 15.5. The minimum absolute atomic E-state index is 0.179. The fourth-order valence-electron chi connectivity index (χ4n) is 1.27. The Kier molecular flexibility index (Phi) is 6.35. The number of amides is 1. The maximum Gasteiger partial charge on any atom is 0.306 e. The lowest BCUT2D eigenvalue weighted by molar-refractivity contribution is -0.140. The summed E-state index contributed by atoms with van der Waals surface area (Å²) < 4.78 is 17.2. The number of benzene rings is 1. The molecule has 1 rings (SSSR count). The van der Waals surface area contributed by atoms with Gasteiger partial charge < -0.3 is 10.1 Å². The van der Waals surface area contributed by atoms with Crippen LogP contribution in [0.5, 0.6) is 0 Å². The van der Waals surface area contributed by atoms with Gasteiger partial charge in [-0.3, -0.25) is 9.59 Å². The maximum atomic E-state index is 12.7. The molecule has 1 atom stereocenters. The van der Waals surface area contributed by atoms with Gasteiger partial charge >= 0.3 is 5.97 Å². The van der Waals surface area contributed by atoms with Crippen molar-refractivity contribution in [3.63, 3.8) is 0 Å². The summed E-state index contributed by atoms with van der Waals surface area (Å²) in [5.41, 5.74) is 0.548. The summed E-state index contributed by atoms with van der Waals surface area (Å²) in [4.78, 5) is 22.7. The maximum absolute atomic E-state index is 12.7. The molecule has 0 unspecified atom stereocenters. The van der Waals surface area contributed by atoms with Gasteiger partial charge in [-0.15, -0.1) is 11.8 Å². The van der Waals surface area contributed by atoms with Gasteiger partial charge in [-0.25, -0.2) is 4.39 Å². The highest BCUT2D eigenvalue weighted by Crippen LogP contribution is 2.15. The number of rotatable bonds is 6. The van der Waals surface area contributed by atoms with Crippen molar-refractivity contribution in [1.82, 2.24) is 0 Å². The fourth-order valence-corrected chi connectivity index (χ4v) is 2.12. The highest BCUT2D eigenvalue weighted by atomic mass is 32.2. The van der Waals surface area contributed by atoms with E-state index in [1.165, 1.54) is 43.1 Å². The van der Waals surface area contributed by atoms with Crippen LogP contribution in [-0.2, 0) is 14.3 Å². The van der Waals surface area contributed by atoms with Crippen LogP contribution in [0.3, 0.4) is 0 Å². The van der Waals surface area contributed by atoms with E-state index in [0.29, 0.717) is 11.4 Å². The second-order valence-electron chi connectivity index (χ2n) is 3.84. The lowest BCUT2D eigenvalue weighted by atomic mass is 10.3. The smallest absolute Gasteiger partial charge is 0.306 e. The number of ether oxygens (including phenoxy) is 1. The Morgan fingerprint density at radius 2 is 2.00 bits per heavy atom. The number of thioether (sulfide) groups is 1. The Balaban J connectivity index is 2.36. The Bertz CT molecular complexity index is 436. The Morgan fingerprint density at radius 3 is 2.58 bits per heavy atom. The predicted octanol–water partition coefficient (Wildman–Crippen LogP) is 2.45. The van der Waals surface area contributed by atoms with E-state index in [0.717, 1.165) is 0 Å². The fraction of sp³-hybridized carbons (Fsp3) is 0.385. The van der Waals surface area contributed by atoms with Crippen molar-refractivity contribution in [2.75, 3.05) is 18.2 Å². The molecule has 4 nitrogen and oxygen atoms in total. The van der Waals surface area contributed by atoms with E-state index in [9.17, 15) is 14.0 Å². The zero-order valence-corrected chi connectivity index (χ0v) is 11.6. The molecule has 1 aromatic rings. The van der Waals surface area contributed by atoms with Crippen LogP contribution in [0.15, 0.2) is 24.3 Å². The molecule has 1 amide bonds. The zero-order chi connectivity index (χ0) is 14.3. The molecule has 0 saturated carbocycles. The second-order valence-corrected chi connectivity index (χ2v) is 5.28. The quantitative estimate of drug-likeness (QED) is 0.816. The molecule has 6 heteroatoms. The number of carbonyl (C=O) groups excluding carboxylic acids is 2. The molecule has 104 valence electrons. The predicted molar refractivity (Wildman–Crippen MR) is 73.6 cm³/mol. The summed E-state index contributed by atoms with van der Waals surface area (Å²) in [6, 6.07) is 5.56. The number of hydrogen-bond acceptors (Lipinski definition) is 4. The van der Waals surface area contributed by atoms with Gasteiger partial charge in [0.2, 0.25) is 5.91 Å². The molecule has 1 aromatic carbocycles. The van der Waals surface area contributed by atoms with Gasteiger partial charge in [0.1, 0.15) is 5.82 Å². The Hall–Kier alpha value is -1.56. The lowest BCUT2D eigenvalue weighted by Crippen LogP contribution is -2.23. The third-order valence-electron chi connectivity index (χ3n) is 2.38. The topological polar surface area (TPSA) is 55.4 Å². The van der Waals surface area contributed by atoms with Gasteiger partial charge in [-0.1, -0.05) is 0 Å². The first-order valence-electron chi connectivity index (χ1n) is 5.77. The summed E-state index contributed by atoms with van der Waals surface area (Å²) in [6.07, 6.45) is 0.273. The number of carbonyl (C=O) groups is 2. The van der Waals surface area contributed by atoms with Crippen molar-refractivity contribution in [3.05, 3.63) is 30.1 Å². The minimum Gasteiger partial charge on any atom is -0.469 e. The average Bonchev–Trinajstić information content (AvgIpc) is 2.40. The van der Waals surface area contributed by atoms with Gasteiger partial charge in [0.15, 0.2) is 0 Å². The molecule has 0 aliphatic carbocycles. The van der Waals surface area contributed by atoms with Crippen LogP contribution in [0.1, 0.15) is 13.3 Å². The second kappa shape index (κ2) is 7.78. The number of methoxy groups -OCH3 is 1. The lowest BCUT2D eigenvalue weighted by Gasteiger charge is -2.11. The first-order chi connectivity index (χ1) is 9.02. The van der Waals surface area contributed by atoms with Crippen LogP contribution in [0.4, 0.5) is 10.1 Å². The van der Waals surface area contributed by atoms with Crippen LogP contribution in [0.2, 0.25) is 0 Å². The van der Waals surface area contributed by atoms with Crippen LogP contribution in [0.25, 0.3) is 0 Å². The number of hydrogen-bond donors (Lipinski definition) is 1. The SMILES string of the molecule is COC(=O)CCS[C@H](C)C(=O)Nc1ccc(F)cc1. The van der Waals surface area contributed by atoms with E-state index in [-0.39, 0.29) is 29.4 Å². The molecule has 0 heterocycles. The summed E-state index contributed by atoms with van der Waals surface area (Å²) in [6.45, 7) is 1.75. The van der Waals surface area contributed by atoms with Crippen LogP contribution in [0, 0.1) is 5.82 Å². The highest BCUT2D eigenvalue weighted by molar-refractivity contribution is 8.00. The van der Waals surface area contributed by atoms with Crippen LogP contribution < -0.4 is 5.32 Å². The normalized spacial score (nSPS) is 11.7. The molecule has 0 saturated heterocycles. The first-order valence-corrected chi connectivity index (χ1v) is 6.82. The zero-order valence-electron chi connectivity index (χ0n) is 10.8. The standard InChI is InChI=1S/C13H16FNO3S/c1-9(19-8-7-12(16)18-2)13(17)15-11-5-3-10(14)4-6-11/h3-6,9H,7-8H2,1-2H3,(H,15,17)/t9-/m1/s1. The molecule has 0 spiro atoms. The monoisotopic (exact) mass is 285 g/mol. The molecule has 1 N–H and O–H groups in total. The molecule has 0 aliphatic rings. The minimum atomic E-state index is -0.349. The van der Waals surface area contributed by atoms with Crippen molar-refractivity contribution in [1.29, 1.82) is 0 Å². The van der Waals surface area contributed by atoms with Crippen molar-refractivity contribution in [2.24, 2.45) is 0 Å². The van der Waals surface area contributed by atoms with Crippen LogP contribution >= 0.6 is 11.8 Å². The number of nitrogens with one attached hydrogen (secondary N) is 1. The van der Waals surface area contributed by atoms with Crippen molar-refractivity contribution < 1.29 is 18.7 Å². The molecular formula is C13H16FNO3S. The molecule has 0 radical (unpaired) electrons. The summed E-state index contributed by atoms with van der Waals surface area (Å²) in [5.74, 6) is -0.302. The number of esters is 1. The van der Waals surface area contributed by atoms with Gasteiger partial charge in [0, 0.05) is 11.4 Å². The third-order valence-corrected chi connectivity index (χ3v) is 3.54. The summed E-state index contributed by atoms with van der Waals surface area (Å²) >= 11 is 1.36. The van der Waals surface area contributed by atoms with Crippen molar-refractivity contribution in [2.45, 2.75) is 18.6 Å². The molecule has 0 bridgehead atoms. The van der Waals surface area contributed by atoms with E-state index in [4.69, 9.17) is 0 Å². The van der Waals surface area contributed by atoms with E-state index in [2.05, 4.69) is 10.1 Å². The Labute approximate surface area is 115 Å². The van der Waals surface area contributed by atoms with E-state index in [1.54, 1.807) is 6.92 Å². The molecule has 0 aliphatic heterocycles. The van der Waals surface area contributed by atoms with Crippen molar-refractivity contribution in [3.8, 4) is 0 Å². The number of halogens is 1. The van der Waals surface area contributed by atoms with Crippen LogP contribution in [-0.4, -0.2) is 30.0 Å². The van der Waals surface area contributed by atoms with E-state index < -0.39 is 0 Å². The molecular weight excluding hydrogens is 269 g/mol. The molecule has 0 fully saturated rings. The van der Waals surface area contributed by atoms with E-state index in [1.807, 2.05) is 0 Å². The summed E-state index contributed by atoms with van der Waals surface area (Å²) in [5, 5.41) is 2.38. The number of anilines is 1. The van der Waals surface area contributed by atoms with Gasteiger partial charge in [0.25, 0.3) is 0 Å². The average molecular weight is 285 g/mol. The summed E-state index contributed by atoms with van der Waals surface area (Å²) in [7, 11) is 1.33. The molecule has 19 heavy (non-hydrogen) atoms. The Morgan fingerprint density at radius 1 is 1.37 bits per heavy atom.